The molecule has 6 nitrogen and oxygen atoms in total. The normalized spacial score (nSPS) is 24.6. The molecule has 0 aliphatic carbocycles. The van der Waals surface area contributed by atoms with Crippen LogP contribution in [0.3, 0.4) is 0 Å². The van der Waals surface area contributed by atoms with Gasteiger partial charge in [-0.3, -0.25) is 4.79 Å². The van der Waals surface area contributed by atoms with E-state index in [0.29, 0.717) is 19.0 Å². The third-order valence-electron chi connectivity index (χ3n) is 2.96. The van der Waals surface area contributed by atoms with E-state index >= 15 is 0 Å². The first-order valence-electron chi connectivity index (χ1n) is 5.49. The number of nitrogens with two attached hydrogens (primary N) is 1. The van der Waals surface area contributed by atoms with Crippen LogP contribution in [0, 0.1) is 5.92 Å². The number of hydrogen-bond acceptors (Lipinski definition) is 4. The predicted molar refractivity (Wildman–Crippen MR) is 61.2 cm³/mol. The van der Waals surface area contributed by atoms with E-state index in [1.165, 1.54) is 0 Å². The van der Waals surface area contributed by atoms with Crippen LogP contribution >= 0.6 is 0 Å². The van der Waals surface area contributed by atoms with E-state index in [1.54, 1.807) is 4.90 Å². The largest absolute Gasteiger partial charge is 0.409 e. The molecule has 1 aliphatic rings. The second-order valence-electron chi connectivity index (χ2n) is 4.34. The number of nitrogens with one attached hydrogen (secondary N) is 1. The van der Waals surface area contributed by atoms with Gasteiger partial charge < -0.3 is 21.2 Å². The quantitative estimate of drug-likeness (QED) is 0.264. The number of nitrogens with zero attached hydrogens (tertiary/aromatic N) is 2. The molecule has 0 spiro atoms. The first-order valence-corrected chi connectivity index (χ1v) is 5.49. The fraction of sp³-hybridized carbons (Fsp3) is 0.800. The van der Waals surface area contributed by atoms with E-state index in [2.05, 4.69) is 10.5 Å². The summed E-state index contributed by atoms with van der Waals surface area (Å²) in [5.41, 5.74) is 5.48. The first-order chi connectivity index (χ1) is 7.54. The molecule has 0 saturated carbocycles. The zero-order valence-corrected chi connectivity index (χ0v) is 9.81. The van der Waals surface area contributed by atoms with E-state index in [9.17, 15) is 4.79 Å². The third-order valence-corrected chi connectivity index (χ3v) is 2.96. The number of likely N-dealkylation sites (N-methyl/N-ethyl adjacent to an activating group) is 1. The smallest absolute Gasteiger partial charge is 0.222 e. The van der Waals surface area contributed by atoms with Crippen LogP contribution in [0.15, 0.2) is 5.16 Å². The number of likely N-dealkylation sites (tertiary alicyclic amines) is 1. The van der Waals surface area contributed by atoms with Crippen molar-refractivity contribution in [2.75, 3.05) is 20.1 Å². The van der Waals surface area contributed by atoms with Gasteiger partial charge in [0.15, 0.2) is 0 Å². The summed E-state index contributed by atoms with van der Waals surface area (Å²) >= 11 is 0. The van der Waals surface area contributed by atoms with E-state index < -0.39 is 0 Å². The summed E-state index contributed by atoms with van der Waals surface area (Å²) in [5, 5.41) is 14.8. The second kappa shape index (κ2) is 5.69. The Morgan fingerprint density at radius 1 is 1.81 bits per heavy atom. The Labute approximate surface area is 95.5 Å². The number of piperidine rings is 1. The SMILES string of the molecule is CC(CNC1CCC(=O)N(C)C1)C(N)=NO. The molecule has 2 atom stereocenters. The summed E-state index contributed by atoms with van der Waals surface area (Å²) in [7, 11) is 1.81. The number of amidine groups is 1. The minimum Gasteiger partial charge on any atom is -0.409 e. The lowest BCUT2D eigenvalue weighted by atomic mass is 10.0. The molecule has 0 aromatic heterocycles. The molecule has 92 valence electrons. The first kappa shape index (κ1) is 12.8. The van der Waals surface area contributed by atoms with Gasteiger partial charge in [0.05, 0.1) is 0 Å². The van der Waals surface area contributed by atoms with Gasteiger partial charge in [0, 0.05) is 38.5 Å². The highest BCUT2D eigenvalue weighted by Gasteiger charge is 2.22. The molecule has 1 amide bonds. The fourth-order valence-electron chi connectivity index (χ4n) is 1.73. The van der Waals surface area contributed by atoms with E-state index in [-0.39, 0.29) is 17.7 Å². The summed E-state index contributed by atoms with van der Waals surface area (Å²) < 4.78 is 0. The number of carbonyl (C=O) groups is 1. The molecular formula is C10H20N4O2. The maximum atomic E-state index is 11.3. The third kappa shape index (κ3) is 3.37. The van der Waals surface area contributed by atoms with E-state index in [1.807, 2.05) is 14.0 Å². The Kier molecular flexibility index (Phi) is 4.54. The Hall–Kier alpha value is -1.30. The molecule has 0 aromatic rings. The van der Waals surface area contributed by atoms with Crippen molar-refractivity contribution in [3.05, 3.63) is 0 Å². The van der Waals surface area contributed by atoms with Crippen molar-refractivity contribution in [1.82, 2.24) is 10.2 Å². The summed E-state index contributed by atoms with van der Waals surface area (Å²) in [5.74, 6) is 0.420. The lowest BCUT2D eigenvalue weighted by molar-refractivity contribution is -0.132. The average Bonchev–Trinajstić information content (AvgIpc) is 2.29. The zero-order chi connectivity index (χ0) is 12.1. The van der Waals surface area contributed by atoms with Gasteiger partial charge in [0.25, 0.3) is 0 Å². The molecule has 1 fully saturated rings. The Morgan fingerprint density at radius 3 is 3.06 bits per heavy atom. The van der Waals surface area contributed by atoms with Crippen LogP contribution in [0.5, 0.6) is 0 Å². The van der Waals surface area contributed by atoms with Crippen molar-refractivity contribution in [2.24, 2.45) is 16.8 Å². The van der Waals surface area contributed by atoms with Crippen molar-refractivity contribution in [3.63, 3.8) is 0 Å². The van der Waals surface area contributed by atoms with Crippen LogP contribution in [0.1, 0.15) is 19.8 Å². The Bertz CT molecular complexity index is 280. The van der Waals surface area contributed by atoms with Gasteiger partial charge in [0.2, 0.25) is 5.91 Å². The maximum Gasteiger partial charge on any atom is 0.222 e. The van der Waals surface area contributed by atoms with Crippen molar-refractivity contribution in [2.45, 2.75) is 25.8 Å². The van der Waals surface area contributed by atoms with Gasteiger partial charge in [-0.2, -0.15) is 0 Å². The lowest BCUT2D eigenvalue weighted by Crippen LogP contribution is -2.48. The van der Waals surface area contributed by atoms with Gasteiger partial charge >= 0.3 is 0 Å². The van der Waals surface area contributed by atoms with Crippen LogP contribution in [-0.2, 0) is 4.79 Å². The molecule has 2 unspecified atom stereocenters. The highest BCUT2D eigenvalue weighted by atomic mass is 16.4. The molecular weight excluding hydrogens is 208 g/mol. The number of amides is 1. The predicted octanol–water partition coefficient (Wildman–Crippen LogP) is -0.421. The number of hydrogen-bond donors (Lipinski definition) is 3. The number of rotatable bonds is 4. The Balaban J connectivity index is 2.31. The van der Waals surface area contributed by atoms with Crippen LogP contribution < -0.4 is 11.1 Å². The summed E-state index contributed by atoms with van der Waals surface area (Å²) in [4.78, 5) is 13.0. The molecule has 16 heavy (non-hydrogen) atoms. The van der Waals surface area contributed by atoms with Gasteiger partial charge in [-0.25, -0.2) is 0 Å². The second-order valence-corrected chi connectivity index (χ2v) is 4.34. The van der Waals surface area contributed by atoms with Crippen molar-refractivity contribution < 1.29 is 10.0 Å². The Morgan fingerprint density at radius 2 is 2.50 bits per heavy atom. The average molecular weight is 228 g/mol. The van der Waals surface area contributed by atoms with Gasteiger partial charge in [-0.1, -0.05) is 12.1 Å². The summed E-state index contributed by atoms with van der Waals surface area (Å²) in [6.45, 7) is 3.27. The van der Waals surface area contributed by atoms with Crippen molar-refractivity contribution >= 4 is 11.7 Å². The minimum absolute atomic E-state index is 0.00654. The molecule has 4 N–H and O–H groups in total. The molecule has 1 aliphatic heterocycles. The van der Waals surface area contributed by atoms with Gasteiger partial charge in [0.1, 0.15) is 5.84 Å². The lowest BCUT2D eigenvalue weighted by Gasteiger charge is -2.30. The van der Waals surface area contributed by atoms with Crippen LogP contribution in [-0.4, -0.2) is 48.0 Å². The zero-order valence-electron chi connectivity index (χ0n) is 9.81. The standard InChI is InChI=1S/C10H20N4O2/c1-7(10(11)13-16)5-12-8-3-4-9(15)14(2)6-8/h7-8,12,16H,3-6H2,1-2H3,(H2,11,13). The molecule has 0 bridgehead atoms. The van der Waals surface area contributed by atoms with Crippen molar-refractivity contribution in [3.8, 4) is 0 Å². The molecule has 0 radical (unpaired) electrons. The molecule has 1 rings (SSSR count). The maximum absolute atomic E-state index is 11.3. The van der Waals surface area contributed by atoms with E-state index in [4.69, 9.17) is 10.9 Å². The fourth-order valence-corrected chi connectivity index (χ4v) is 1.73. The highest BCUT2D eigenvalue weighted by molar-refractivity contribution is 5.82. The number of carbonyl (C=O) groups excluding carboxylic acids is 1. The minimum atomic E-state index is -0.00654. The van der Waals surface area contributed by atoms with Crippen molar-refractivity contribution in [1.29, 1.82) is 0 Å². The van der Waals surface area contributed by atoms with Crippen LogP contribution in [0.2, 0.25) is 0 Å². The summed E-state index contributed by atoms with van der Waals surface area (Å²) in [6.07, 6.45) is 1.44. The molecule has 0 aromatic carbocycles. The summed E-state index contributed by atoms with van der Waals surface area (Å²) in [6, 6.07) is 0.302. The topological polar surface area (TPSA) is 91.0 Å². The number of oxime groups is 1. The van der Waals surface area contributed by atoms with Gasteiger partial charge in [-0.05, 0) is 6.42 Å². The van der Waals surface area contributed by atoms with Crippen LogP contribution in [0.25, 0.3) is 0 Å². The molecule has 6 heteroatoms. The molecule has 1 heterocycles. The highest BCUT2D eigenvalue weighted by Crippen LogP contribution is 2.09. The molecule has 1 saturated heterocycles. The monoisotopic (exact) mass is 228 g/mol. The van der Waals surface area contributed by atoms with Crippen LogP contribution in [0.4, 0.5) is 0 Å². The van der Waals surface area contributed by atoms with E-state index in [0.717, 1.165) is 13.0 Å². The van der Waals surface area contributed by atoms with Gasteiger partial charge in [-0.15, -0.1) is 0 Å².